The lowest BCUT2D eigenvalue weighted by atomic mass is 10.2. The van der Waals surface area contributed by atoms with Crippen LogP contribution in [0.1, 0.15) is 0 Å². The number of ether oxygens (including phenoxy) is 3. The SMILES string of the molecule is COc1cc(OC)c(OC)cc1NCBr. The molecule has 0 fully saturated rings. The Morgan fingerprint density at radius 1 is 1.00 bits per heavy atom. The van der Waals surface area contributed by atoms with Gasteiger partial charge in [-0.3, -0.25) is 0 Å². The number of alkyl halides is 1. The summed E-state index contributed by atoms with van der Waals surface area (Å²) in [5.74, 6) is 2.03. The van der Waals surface area contributed by atoms with Crippen LogP contribution in [0.2, 0.25) is 0 Å². The molecule has 0 saturated heterocycles. The summed E-state index contributed by atoms with van der Waals surface area (Å²) >= 11 is 3.29. The molecule has 0 aliphatic rings. The standard InChI is InChI=1S/C10H14BrNO3/c1-13-8-5-10(15-3)9(14-2)4-7(8)12-6-11/h4-5,12H,6H2,1-3H3. The quantitative estimate of drug-likeness (QED) is 0.662. The Morgan fingerprint density at radius 2 is 1.53 bits per heavy atom. The van der Waals surface area contributed by atoms with Crippen LogP contribution in [-0.4, -0.2) is 26.8 Å². The summed E-state index contributed by atoms with van der Waals surface area (Å²) in [7, 11) is 4.80. The predicted molar refractivity (Wildman–Crippen MR) is 63.5 cm³/mol. The zero-order valence-electron chi connectivity index (χ0n) is 8.96. The molecular weight excluding hydrogens is 262 g/mol. The molecule has 0 spiro atoms. The van der Waals surface area contributed by atoms with Crippen molar-refractivity contribution in [2.75, 3.05) is 32.1 Å². The van der Waals surface area contributed by atoms with Gasteiger partial charge in [-0.25, -0.2) is 0 Å². The highest BCUT2D eigenvalue weighted by Crippen LogP contribution is 2.37. The van der Waals surface area contributed by atoms with E-state index in [2.05, 4.69) is 21.2 Å². The highest BCUT2D eigenvalue weighted by molar-refractivity contribution is 9.09. The maximum Gasteiger partial charge on any atom is 0.164 e. The summed E-state index contributed by atoms with van der Waals surface area (Å²) in [4.78, 5) is 0. The molecule has 0 radical (unpaired) electrons. The molecule has 0 heterocycles. The molecular formula is C10H14BrNO3. The topological polar surface area (TPSA) is 39.7 Å². The first kappa shape index (κ1) is 12.0. The van der Waals surface area contributed by atoms with Crippen molar-refractivity contribution in [1.82, 2.24) is 0 Å². The van der Waals surface area contributed by atoms with E-state index in [4.69, 9.17) is 14.2 Å². The first-order valence-corrected chi connectivity index (χ1v) is 5.48. The van der Waals surface area contributed by atoms with Gasteiger partial charge in [-0.1, -0.05) is 15.9 Å². The van der Waals surface area contributed by atoms with Gasteiger partial charge in [0.05, 0.1) is 32.5 Å². The van der Waals surface area contributed by atoms with Gasteiger partial charge < -0.3 is 19.5 Å². The van der Waals surface area contributed by atoms with Crippen LogP contribution in [0.25, 0.3) is 0 Å². The van der Waals surface area contributed by atoms with Crippen LogP contribution in [-0.2, 0) is 0 Å². The number of nitrogens with one attached hydrogen (secondary N) is 1. The van der Waals surface area contributed by atoms with Crippen molar-refractivity contribution in [2.45, 2.75) is 0 Å². The van der Waals surface area contributed by atoms with Crippen LogP contribution in [0.3, 0.4) is 0 Å². The minimum Gasteiger partial charge on any atom is -0.494 e. The van der Waals surface area contributed by atoms with Crippen LogP contribution >= 0.6 is 15.9 Å². The Bertz CT molecular complexity index is 331. The van der Waals surface area contributed by atoms with Crippen LogP contribution in [0.5, 0.6) is 17.2 Å². The van der Waals surface area contributed by atoms with Gasteiger partial charge in [-0.05, 0) is 0 Å². The van der Waals surface area contributed by atoms with Gasteiger partial charge in [0.2, 0.25) is 0 Å². The molecule has 0 aliphatic carbocycles. The van der Waals surface area contributed by atoms with Gasteiger partial charge in [0.25, 0.3) is 0 Å². The summed E-state index contributed by atoms with van der Waals surface area (Å²) in [6.45, 7) is 0. The van der Waals surface area contributed by atoms with Crippen LogP contribution in [0.15, 0.2) is 12.1 Å². The first-order chi connectivity index (χ1) is 7.26. The van der Waals surface area contributed by atoms with E-state index in [1.165, 1.54) is 0 Å². The molecule has 0 saturated carbocycles. The van der Waals surface area contributed by atoms with Crippen molar-refractivity contribution >= 4 is 21.6 Å². The molecule has 0 amide bonds. The largest absolute Gasteiger partial charge is 0.494 e. The zero-order valence-corrected chi connectivity index (χ0v) is 10.6. The van der Waals surface area contributed by atoms with Gasteiger partial charge in [-0.2, -0.15) is 0 Å². The average Bonchev–Trinajstić information content (AvgIpc) is 2.28. The molecule has 1 aromatic carbocycles. The second-order valence-corrected chi connectivity index (χ2v) is 3.28. The fourth-order valence-corrected chi connectivity index (χ4v) is 1.54. The molecule has 0 aliphatic heterocycles. The van der Waals surface area contributed by atoms with Crippen molar-refractivity contribution in [3.8, 4) is 17.2 Å². The Balaban J connectivity index is 3.15. The molecule has 1 rings (SSSR count). The summed E-state index contributed by atoms with van der Waals surface area (Å²) in [6.07, 6.45) is 0. The average molecular weight is 276 g/mol. The maximum atomic E-state index is 5.22. The van der Waals surface area contributed by atoms with Crippen LogP contribution < -0.4 is 19.5 Å². The van der Waals surface area contributed by atoms with Crippen molar-refractivity contribution in [3.05, 3.63) is 12.1 Å². The van der Waals surface area contributed by atoms with Gasteiger partial charge in [0, 0.05) is 12.1 Å². The summed E-state index contributed by atoms with van der Waals surface area (Å²) < 4.78 is 15.6. The monoisotopic (exact) mass is 275 g/mol. The van der Waals surface area contributed by atoms with Gasteiger partial charge in [0.15, 0.2) is 11.5 Å². The number of benzene rings is 1. The van der Waals surface area contributed by atoms with E-state index in [9.17, 15) is 0 Å². The molecule has 15 heavy (non-hydrogen) atoms. The third kappa shape index (κ3) is 2.68. The maximum absolute atomic E-state index is 5.22. The van der Waals surface area contributed by atoms with E-state index >= 15 is 0 Å². The van der Waals surface area contributed by atoms with Crippen molar-refractivity contribution in [2.24, 2.45) is 0 Å². The number of hydrogen-bond acceptors (Lipinski definition) is 4. The lowest BCUT2D eigenvalue weighted by Crippen LogP contribution is -1.99. The van der Waals surface area contributed by atoms with E-state index < -0.39 is 0 Å². The van der Waals surface area contributed by atoms with Crippen molar-refractivity contribution in [1.29, 1.82) is 0 Å². The molecule has 4 nitrogen and oxygen atoms in total. The van der Waals surface area contributed by atoms with E-state index in [0.717, 1.165) is 5.69 Å². The normalized spacial score (nSPS) is 9.60. The van der Waals surface area contributed by atoms with Crippen molar-refractivity contribution in [3.63, 3.8) is 0 Å². The molecule has 5 heteroatoms. The summed E-state index contributed by atoms with van der Waals surface area (Å²) in [5.41, 5.74) is 1.49. The number of rotatable bonds is 5. The Morgan fingerprint density at radius 3 is 2.00 bits per heavy atom. The first-order valence-electron chi connectivity index (χ1n) is 4.36. The third-order valence-electron chi connectivity index (χ3n) is 1.96. The minimum atomic E-state index is 0.638. The van der Waals surface area contributed by atoms with Gasteiger partial charge in [0.1, 0.15) is 5.75 Å². The fourth-order valence-electron chi connectivity index (χ4n) is 1.24. The smallest absolute Gasteiger partial charge is 0.164 e. The number of hydrogen-bond donors (Lipinski definition) is 1. The predicted octanol–water partition coefficient (Wildman–Crippen LogP) is 2.48. The molecule has 0 bridgehead atoms. The number of anilines is 1. The lowest BCUT2D eigenvalue weighted by molar-refractivity contribution is 0.349. The second kappa shape index (κ2) is 5.70. The zero-order chi connectivity index (χ0) is 11.3. The molecule has 1 aromatic rings. The van der Waals surface area contributed by atoms with Gasteiger partial charge >= 0.3 is 0 Å². The van der Waals surface area contributed by atoms with E-state index in [-0.39, 0.29) is 0 Å². The Kier molecular flexibility index (Phi) is 4.55. The third-order valence-corrected chi connectivity index (χ3v) is 2.24. The van der Waals surface area contributed by atoms with E-state index in [1.807, 2.05) is 6.07 Å². The minimum absolute atomic E-state index is 0.638. The molecule has 0 atom stereocenters. The molecule has 0 unspecified atom stereocenters. The molecule has 1 N–H and O–H groups in total. The Labute approximate surface area is 97.6 Å². The summed E-state index contributed by atoms with van der Waals surface area (Å²) in [5, 5.41) is 3.11. The van der Waals surface area contributed by atoms with E-state index in [0.29, 0.717) is 22.7 Å². The number of methoxy groups -OCH3 is 3. The highest BCUT2D eigenvalue weighted by Gasteiger charge is 2.10. The van der Waals surface area contributed by atoms with Crippen molar-refractivity contribution < 1.29 is 14.2 Å². The molecule has 0 aromatic heterocycles. The number of halogens is 1. The second-order valence-electron chi connectivity index (χ2n) is 2.72. The van der Waals surface area contributed by atoms with Crippen LogP contribution in [0.4, 0.5) is 5.69 Å². The molecule has 84 valence electrons. The highest BCUT2D eigenvalue weighted by atomic mass is 79.9. The lowest BCUT2D eigenvalue weighted by Gasteiger charge is -2.14. The Hall–Kier alpha value is -1.10. The van der Waals surface area contributed by atoms with E-state index in [1.54, 1.807) is 27.4 Å². The van der Waals surface area contributed by atoms with Gasteiger partial charge in [-0.15, -0.1) is 0 Å². The van der Waals surface area contributed by atoms with Crippen LogP contribution in [0, 0.1) is 0 Å². The fraction of sp³-hybridized carbons (Fsp3) is 0.400. The summed E-state index contributed by atoms with van der Waals surface area (Å²) in [6, 6.07) is 3.61.